The summed E-state index contributed by atoms with van der Waals surface area (Å²) in [5.41, 5.74) is 2.69. The Morgan fingerprint density at radius 3 is 2.59 bits per heavy atom. The summed E-state index contributed by atoms with van der Waals surface area (Å²) in [5, 5.41) is 9.77. The minimum Gasteiger partial charge on any atom is -0.507 e. The van der Waals surface area contributed by atoms with Gasteiger partial charge in [0.15, 0.2) is 0 Å². The van der Waals surface area contributed by atoms with E-state index in [1.165, 1.54) is 0 Å². The smallest absolute Gasteiger partial charge is 0.134 e. The third kappa shape index (κ3) is 2.72. The molecule has 0 aliphatic rings. The molecule has 0 unspecified atom stereocenters. The first kappa shape index (κ1) is 11.4. The van der Waals surface area contributed by atoms with Crippen LogP contribution in [0, 0.1) is 0 Å². The average Bonchev–Trinajstić information content (AvgIpc) is 2.29. The van der Waals surface area contributed by atoms with E-state index in [9.17, 15) is 9.90 Å². The van der Waals surface area contributed by atoms with Gasteiger partial charge >= 0.3 is 0 Å². The molecule has 0 spiro atoms. The maximum absolute atomic E-state index is 11.1. The van der Waals surface area contributed by atoms with Crippen molar-refractivity contribution in [1.29, 1.82) is 0 Å². The molecule has 2 aromatic carbocycles. The Morgan fingerprint density at radius 1 is 1.12 bits per heavy atom. The molecule has 1 N–H and O–H groups in total. The molecule has 2 heteroatoms. The van der Waals surface area contributed by atoms with Gasteiger partial charge in [-0.2, -0.15) is 0 Å². The highest BCUT2D eigenvalue weighted by Gasteiger charge is 2.04. The van der Waals surface area contributed by atoms with Crippen LogP contribution in [0.25, 0.3) is 11.1 Å². The quantitative estimate of drug-likeness (QED) is 0.872. The summed E-state index contributed by atoms with van der Waals surface area (Å²) in [6.07, 6.45) is 0.432. The lowest BCUT2D eigenvalue weighted by molar-refractivity contribution is -0.116. The van der Waals surface area contributed by atoms with E-state index < -0.39 is 0 Å². The molecule has 2 nitrogen and oxygen atoms in total. The molecule has 0 aliphatic heterocycles. The summed E-state index contributed by atoms with van der Waals surface area (Å²) in [4.78, 5) is 11.1. The van der Waals surface area contributed by atoms with Crippen molar-refractivity contribution in [3.8, 4) is 16.9 Å². The maximum Gasteiger partial charge on any atom is 0.134 e. The van der Waals surface area contributed by atoms with Crippen LogP contribution in [0.5, 0.6) is 5.75 Å². The fraction of sp³-hybridized carbons (Fsp3) is 0.133. The van der Waals surface area contributed by atoms with Gasteiger partial charge in [-0.25, -0.2) is 0 Å². The summed E-state index contributed by atoms with van der Waals surface area (Å²) in [7, 11) is 0. The largest absolute Gasteiger partial charge is 0.507 e. The fourth-order valence-corrected chi connectivity index (χ4v) is 1.85. The van der Waals surface area contributed by atoms with Gasteiger partial charge < -0.3 is 5.11 Å². The van der Waals surface area contributed by atoms with Crippen LogP contribution in [-0.4, -0.2) is 10.9 Å². The van der Waals surface area contributed by atoms with Crippen molar-refractivity contribution in [2.75, 3.05) is 0 Å². The summed E-state index contributed by atoms with van der Waals surface area (Å²) in [6, 6.07) is 14.9. The first-order valence-corrected chi connectivity index (χ1v) is 5.53. The van der Waals surface area contributed by atoms with Crippen LogP contribution in [0.15, 0.2) is 48.5 Å². The minimum absolute atomic E-state index is 0.138. The third-order valence-corrected chi connectivity index (χ3v) is 2.60. The zero-order valence-electron chi connectivity index (χ0n) is 9.68. The van der Waals surface area contributed by atoms with Crippen molar-refractivity contribution < 1.29 is 9.90 Å². The van der Waals surface area contributed by atoms with Crippen LogP contribution in [0.3, 0.4) is 0 Å². The zero-order valence-corrected chi connectivity index (χ0v) is 9.68. The van der Waals surface area contributed by atoms with Crippen molar-refractivity contribution in [2.24, 2.45) is 0 Å². The maximum atomic E-state index is 11.1. The number of hydrogen-bond acceptors (Lipinski definition) is 2. The standard InChI is InChI=1S/C15H14O2/c1-11(16)9-12-5-4-6-13(10-12)14-7-2-3-8-15(14)17/h2-8,10,17H,9H2,1H3. The first-order valence-electron chi connectivity index (χ1n) is 5.53. The van der Waals surface area contributed by atoms with E-state index in [0.717, 1.165) is 16.7 Å². The van der Waals surface area contributed by atoms with E-state index in [0.29, 0.717) is 6.42 Å². The van der Waals surface area contributed by atoms with Gasteiger partial charge in [0.1, 0.15) is 11.5 Å². The van der Waals surface area contributed by atoms with E-state index in [-0.39, 0.29) is 11.5 Å². The lowest BCUT2D eigenvalue weighted by Gasteiger charge is -2.06. The SMILES string of the molecule is CC(=O)Cc1cccc(-c2ccccc2O)c1. The zero-order chi connectivity index (χ0) is 12.3. The van der Waals surface area contributed by atoms with E-state index in [1.807, 2.05) is 36.4 Å². The summed E-state index contributed by atoms with van der Waals surface area (Å²) in [5.74, 6) is 0.395. The molecular formula is C15H14O2. The van der Waals surface area contributed by atoms with Crippen LogP contribution >= 0.6 is 0 Å². The number of rotatable bonds is 3. The molecule has 2 rings (SSSR count). The van der Waals surface area contributed by atoms with Gasteiger partial charge in [-0.15, -0.1) is 0 Å². The number of aromatic hydroxyl groups is 1. The number of carbonyl (C=O) groups is 1. The van der Waals surface area contributed by atoms with Gasteiger partial charge in [-0.3, -0.25) is 4.79 Å². The molecule has 0 saturated carbocycles. The second kappa shape index (κ2) is 4.83. The molecule has 86 valence electrons. The molecule has 0 saturated heterocycles. The Morgan fingerprint density at radius 2 is 1.88 bits per heavy atom. The first-order chi connectivity index (χ1) is 8.16. The van der Waals surface area contributed by atoms with E-state index in [2.05, 4.69) is 0 Å². The summed E-state index contributed by atoms with van der Waals surface area (Å²) in [6.45, 7) is 1.58. The van der Waals surface area contributed by atoms with Crippen molar-refractivity contribution in [2.45, 2.75) is 13.3 Å². The number of phenols is 1. The lowest BCUT2D eigenvalue weighted by Crippen LogP contribution is -1.96. The van der Waals surface area contributed by atoms with Crippen LogP contribution < -0.4 is 0 Å². The number of benzene rings is 2. The van der Waals surface area contributed by atoms with Crippen molar-refractivity contribution >= 4 is 5.78 Å². The Bertz CT molecular complexity index is 544. The van der Waals surface area contributed by atoms with Gasteiger partial charge in [0.05, 0.1) is 0 Å². The predicted molar refractivity (Wildman–Crippen MR) is 67.9 cm³/mol. The highest BCUT2D eigenvalue weighted by molar-refractivity contribution is 5.79. The molecule has 0 radical (unpaired) electrons. The molecule has 0 heterocycles. The lowest BCUT2D eigenvalue weighted by atomic mass is 10.0. The number of ketones is 1. The van der Waals surface area contributed by atoms with Crippen LogP contribution in [0.4, 0.5) is 0 Å². The number of carbonyl (C=O) groups excluding carboxylic acids is 1. The van der Waals surface area contributed by atoms with Gasteiger partial charge in [-0.1, -0.05) is 42.5 Å². The highest BCUT2D eigenvalue weighted by atomic mass is 16.3. The Labute approximate surface area is 101 Å². The number of Topliss-reactive ketones (excluding diaryl/α,β-unsaturated/α-hetero) is 1. The van der Waals surface area contributed by atoms with Crippen molar-refractivity contribution in [3.63, 3.8) is 0 Å². The molecule has 0 bridgehead atoms. The minimum atomic E-state index is 0.138. The normalized spacial score (nSPS) is 10.2. The Kier molecular flexibility index (Phi) is 3.24. The third-order valence-electron chi connectivity index (χ3n) is 2.60. The van der Waals surface area contributed by atoms with E-state index in [1.54, 1.807) is 19.1 Å². The second-order valence-corrected chi connectivity index (χ2v) is 4.10. The van der Waals surface area contributed by atoms with Crippen molar-refractivity contribution in [1.82, 2.24) is 0 Å². The molecule has 0 aliphatic carbocycles. The molecule has 0 fully saturated rings. The van der Waals surface area contributed by atoms with Gasteiger partial charge in [0, 0.05) is 12.0 Å². The van der Waals surface area contributed by atoms with Crippen molar-refractivity contribution in [3.05, 3.63) is 54.1 Å². The topological polar surface area (TPSA) is 37.3 Å². The Hall–Kier alpha value is -2.09. The number of phenolic OH excluding ortho intramolecular Hbond substituents is 1. The summed E-state index contributed by atoms with van der Waals surface area (Å²) < 4.78 is 0. The summed E-state index contributed by atoms with van der Waals surface area (Å²) >= 11 is 0. The second-order valence-electron chi connectivity index (χ2n) is 4.10. The molecular weight excluding hydrogens is 212 g/mol. The Balaban J connectivity index is 2.40. The fourth-order valence-electron chi connectivity index (χ4n) is 1.85. The average molecular weight is 226 g/mol. The monoisotopic (exact) mass is 226 g/mol. The number of hydrogen-bond donors (Lipinski definition) is 1. The van der Waals surface area contributed by atoms with E-state index in [4.69, 9.17) is 0 Å². The van der Waals surface area contributed by atoms with Crippen LogP contribution in [0.1, 0.15) is 12.5 Å². The molecule has 17 heavy (non-hydrogen) atoms. The number of para-hydroxylation sites is 1. The van der Waals surface area contributed by atoms with E-state index >= 15 is 0 Å². The molecule has 0 amide bonds. The molecule has 2 aromatic rings. The van der Waals surface area contributed by atoms with Crippen LogP contribution in [-0.2, 0) is 11.2 Å². The molecule has 0 atom stereocenters. The van der Waals surface area contributed by atoms with Crippen LogP contribution in [0.2, 0.25) is 0 Å². The van der Waals surface area contributed by atoms with Gasteiger partial charge in [0.2, 0.25) is 0 Å². The predicted octanol–water partition coefficient (Wildman–Crippen LogP) is 3.19. The van der Waals surface area contributed by atoms with Gasteiger partial charge in [0.25, 0.3) is 0 Å². The highest BCUT2D eigenvalue weighted by Crippen LogP contribution is 2.29. The van der Waals surface area contributed by atoms with Gasteiger partial charge in [-0.05, 0) is 24.1 Å². The molecule has 0 aromatic heterocycles.